The zero-order valence-corrected chi connectivity index (χ0v) is 17.0. The number of carbonyl (C=O) groups is 1. The molecule has 1 aromatic rings. The number of carboxylic acid groups (broad SMARTS) is 1. The highest BCUT2D eigenvalue weighted by atomic mass is 32.2. The van der Waals surface area contributed by atoms with Crippen LogP contribution in [0.1, 0.15) is 18.4 Å². The molecule has 3 heterocycles. The maximum absolute atomic E-state index is 12.4. The van der Waals surface area contributed by atoms with Gasteiger partial charge in [-0.3, -0.25) is 9.88 Å². The second-order valence-electron chi connectivity index (χ2n) is 7.63. The molecule has 30 heavy (non-hydrogen) atoms. The number of aromatic nitrogens is 1. The highest BCUT2D eigenvalue weighted by Gasteiger charge is 2.47. The SMILES string of the molecule is O=C(O)C(F)(F)F.O=S(=O)(C1CC1)N1C[C@@H]2CN(Cc3cccnc3)CCO[C@@H]2C1. The molecule has 0 aromatic carbocycles. The van der Waals surface area contributed by atoms with Gasteiger partial charge in [-0.05, 0) is 24.5 Å². The van der Waals surface area contributed by atoms with Crippen molar-refractivity contribution in [3.8, 4) is 0 Å². The smallest absolute Gasteiger partial charge is 0.475 e. The summed E-state index contributed by atoms with van der Waals surface area (Å²) in [4.78, 5) is 15.4. The predicted octanol–water partition coefficient (Wildman–Crippen LogP) is 1.34. The summed E-state index contributed by atoms with van der Waals surface area (Å²) in [6.45, 7) is 4.42. The lowest BCUT2D eigenvalue weighted by molar-refractivity contribution is -0.192. The Balaban J connectivity index is 0.000000318. The first-order chi connectivity index (χ1) is 14.1. The number of ether oxygens (including phenoxy) is 1. The van der Waals surface area contributed by atoms with Crippen LogP contribution in [0.4, 0.5) is 13.2 Å². The summed E-state index contributed by atoms with van der Waals surface area (Å²) in [6.07, 6.45) is 0.275. The molecule has 0 bridgehead atoms. The van der Waals surface area contributed by atoms with Crippen molar-refractivity contribution in [1.29, 1.82) is 0 Å². The average Bonchev–Trinajstić information content (AvgIpc) is 3.48. The van der Waals surface area contributed by atoms with Gasteiger partial charge in [-0.2, -0.15) is 17.5 Å². The lowest BCUT2D eigenvalue weighted by Gasteiger charge is -2.23. The Bertz CT molecular complexity index is 833. The zero-order chi connectivity index (χ0) is 21.9. The summed E-state index contributed by atoms with van der Waals surface area (Å²) in [5, 5.41) is 7.00. The Morgan fingerprint density at radius 3 is 2.53 bits per heavy atom. The van der Waals surface area contributed by atoms with Crippen LogP contribution in [0, 0.1) is 5.92 Å². The van der Waals surface area contributed by atoms with E-state index >= 15 is 0 Å². The number of alkyl halides is 3. The van der Waals surface area contributed by atoms with Gasteiger partial charge in [-0.15, -0.1) is 0 Å². The van der Waals surface area contributed by atoms with Gasteiger partial charge in [0, 0.05) is 51.0 Å². The second kappa shape index (κ2) is 9.16. The van der Waals surface area contributed by atoms with E-state index in [2.05, 4.69) is 16.0 Å². The number of hydrogen-bond acceptors (Lipinski definition) is 6. The van der Waals surface area contributed by atoms with Gasteiger partial charge >= 0.3 is 12.1 Å². The minimum atomic E-state index is -5.08. The van der Waals surface area contributed by atoms with Crippen LogP contribution in [0.2, 0.25) is 0 Å². The molecule has 168 valence electrons. The molecule has 4 rings (SSSR count). The lowest BCUT2D eigenvalue weighted by Crippen LogP contribution is -2.35. The van der Waals surface area contributed by atoms with Crippen LogP contribution < -0.4 is 0 Å². The maximum atomic E-state index is 12.4. The Hall–Kier alpha value is -1.76. The van der Waals surface area contributed by atoms with Crippen molar-refractivity contribution in [2.75, 3.05) is 32.8 Å². The van der Waals surface area contributed by atoms with Crippen LogP contribution in [0.25, 0.3) is 0 Å². The van der Waals surface area contributed by atoms with E-state index in [1.807, 2.05) is 12.3 Å². The van der Waals surface area contributed by atoms with E-state index in [0.717, 1.165) is 32.5 Å². The van der Waals surface area contributed by atoms with Crippen LogP contribution in [0.5, 0.6) is 0 Å². The molecule has 1 aliphatic carbocycles. The summed E-state index contributed by atoms with van der Waals surface area (Å²) in [5.41, 5.74) is 1.19. The normalized spacial score (nSPS) is 25.7. The number of fused-ring (bicyclic) bond motifs is 1. The number of nitrogens with zero attached hydrogens (tertiary/aromatic N) is 3. The van der Waals surface area contributed by atoms with E-state index in [1.165, 1.54) is 5.56 Å². The second-order valence-corrected chi connectivity index (χ2v) is 9.84. The van der Waals surface area contributed by atoms with E-state index in [4.69, 9.17) is 14.6 Å². The maximum Gasteiger partial charge on any atom is 0.490 e. The largest absolute Gasteiger partial charge is 0.490 e. The highest BCUT2D eigenvalue weighted by Crippen LogP contribution is 2.35. The standard InChI is InChI=1S/C16H23N3O3S.C2HF3O2/c20-23(21,15-3-4-15)19-11-14-10-18(6-7-22-16(14)12-19)9-13-2-1-5-17-8-13;3-2(4,5)1(6)7/h1-2,5,8,14-16H,3-4,6-7,9-12H2;(H,6,7)/t14-,16+;/m0./s1. The Labute approximate surface area is 172 Å². The summed E-state index contributed by atoms with van der Waals surface area (Å²) < 4.78 is 64.3. The van der Waals surface area contributed by atoms with Gasteiger partial charge in [0.2, 0.25) is 10.0 Å². The third-order valence-electron chi connectivity index (χ3n) is 5.26. The molecule has 8 nitrogen and oxygen atoms in total. The molecule has 2 atom stereocenters. The fraction of sp³-hybridized carbons (Fsp3) is 0.667. The molecule has 0 unspecified atom stereocenters. The predicted molar refractivity (Wildman–Crippen MR) is 99.9 cm³/mol. The number of carboxylic acids is 1. The van der Waals surface area contributed by atoms with Gasteiger partial charge in [-0.1, -0.05) is 6.07 Å². The van der Waals surface area contributed by atoms with Crippen LogP contribution in [0.15, 0.2) is 24.5 Å². The van der Waals surface area contributed by atoms with E-state index in [-0.39, 0.29) is 17.3 Å². The van der Waals surface area contributed by atoms with Crippen molar-refractivity contribution in [1.82, 2.24) is 14.2 Å². The molecule has 3 aliphatic rings. The number of hydrogen-bond donors (Lipinski definition) is 1. The third-order valence-corrected chi connectivity index (χ3v) is 7.59. The van der Waals surface area contributed by atoms with Crippen molar-refractivity contribution < 1.29 is 36.2 Å². The number of aliphatic carboxylic acids is 1. The number of rotatable bonds is 4. The molecule has 12 heteroatoms. The topological polar surface area (TPSA) is 100 Å². The minimum Gasteiger partial charge on any atom is -0.475 e. The summed E-state index contributed by atoms with van der Waals surface area (Å²) in [5.74, 6) is -2.49. The van der Waals surface area contributed by atoms with Crippen molar-refractivity contribution in [2.24, 2.45) is 5.92 Å². The van der Waals surface area contributed by atoms with Crippen LogP contribution in [-0.2, 0) is 26.1 Å². The van der Waals surface area contributed by atoms with Crippen molar-refractivity contribution >= 4 is 16.0 Å². The van der Waals surface area contributed by atoms with Crippen molar-refractivity contribution in [3.05, 3.63) is 30.1 Å². The molecule has 1 saturated carbocycles. The minimum absolute atomic E-state index is 0.0439. The van der Waals surface area contributed by atoms with Gasteiger partial charge in [0.15, 0.2) is 0 Å². The van der Waals surface area contributed by atoms with E-state index < -0.39 is 22.2 Å². The van der Waals surface area contributed by atoms with Crippen LogP contribution in [0.3, 0.4) is 0 Å². The molecular weight excluding hydrogens is 427 g/mol. The molecule has 0 amide bonds. The first kappa shape index (κ1) is 22.9. The molecular formula is C18H24F3N3O5S. The van der Waals surface area contributed by atoms with E-state index in [9.17, 15) is 21.6 Å². The Kier molecular flexibility index (Phi) is 7.00. The fourth-order valence-corrected chi connectivity index (χ4v) is 5.51. The van der Waals surface area contributed by atoms with Gasteiger partial charge in [0.25, 0.3) is 0 Å². The molecule has 0 spiro atoms. The quantitative estimate of drug-likeness (QED) is 0.737. The molecule has 2 saturated heterocycles. The first-order valence-corrected chi connectivity index (χ1v) is 11.1. The van der Waals surface area contributed by atoms with Gasteiger partial charge in [0.1, 0.15) is 0 Å². The molecule has 1 N–H and O–H groups in total. The zero-order valence-electron chi connectivity index (χ0n) is 16.2. The molecule has 1 aromatic heterocycles. The Morgan fingerprint density at radius 1 is 1.27 bits per heavy atom. The number of halogens is 3. The van der Waals surface area contributed by atoms with Crippen LogP contribution >= 0.6 is 0 Å². The van der Waals surface area contributed by atoms with E-state index in [0.29, 0.717) is 19.7 Å². The summed E-state index contributed by atoms with van der Waals surface area (Å²) >= 11 is 0. The molecule has 3 fully saturated rings. The summed E-state index contributed by atoms with van der Waals surface area (Å²) in [6, 6.07) is 4.03. The van der Waals surface area contributed by atoms with Crippen molar-refractivity contribution in [2.45, 2.75) is 36.9 Å². The highest BCUT2D eigenvalue weighted by molar-refractivity contribution is 7.90. The van der Waals surface area contributed by atoms with Gasteiger partial charge in [0.05, 0.1) is 18.0 Å². The molecule has 0 radical (unpaired) electrons. The Morgan fingerprint density at radius 2 is 1.97 bits per heavy atom. The first-order valence-electron chi connectivity index (χ1n) is 9.59. The lowest BCUT2D eigenvalue weighted by atomic mass is 10.1. The average molecular weight is 451 g/mol. The molecule has 2 aliphatic heterocycles. The summed E-state index contributed by atoms with van der Waals surface area (Å²) in [7, 11) is -3.09. The monoisotopic (exact) mass is 451 g/mol. The number of pyridine rings is 1. The number of sulfonamides is 1. The van der Waals surface area contributed by atoms with E-state index in [1.54, 1.807) is 10.5 Å². The van der Waals surface area contributed by atoms with Crippen molar-refractivity contribution in [3.63, 3.8) is 0 Å². The fourth-order valence-electron chi connectivity index (χ4n) is 3.60. The van der Waals surface area contributed by atoms with Gasteiger partial charge < -0.3 is 9.84 Å². The van der Waals surface area contributed by atoms with Crippen LogP contribution in [-0.4, -0.2) is 84.0 Å². The van der Waals surface area contributed by atoms with Gasteiger partial charge in [-0.25, -0.2) is 13.2 Å². The third kappa shape index (κ3) is 5.90.